The molecule has 1 aromatic carbocycles. The number of carbonyl (C=O) groups excluding carboxylic acids is 2. The molecule has 1 amide bonds. The highest BCUT2D eigenvalue weighted by atomic mass is 16.5. The number of carbonyl (C=O) groups is 2. The van der Waals surface area contributed by atoms with E-state index in [1.807, 2.05) is 18.7 Å². The number of esters is 1. The van der Waals surface area contributed by atoms with Gasteiger partial charge in [0.05, 0.1) is 12.2 Å². The van der Waals surface area contributed by atoms with Gasteiger partial charge >= 0.3 is 5.97 Å². The highest BCUT2D eigenvalue weighted by Gasteiger charge is 2.33. The van der Waals surface area contributed by atoms with E-state index in [0.29, 0.717) is 5.56 Å². The smallest absolute Gasteiger partial charge is 0.338 e. The Labute approximate surface area is 137 Å². The zero-order chi connectivity index (χ0) is 17.0. The van der Waals surface area contributed by atoms with Crippen LogP contribution in [0.2, 0.25) is 0 Å². The van der Waals surface area contributed by atoms with Crippen molar-refractivity contribution in [3.63, 3.8) is 0 Å². The lowest BCUT2D eigenvalue weighted by atomic mass is 9.97. The summed E-state index contributed by atoms with van der Waals surface area (Å²) in [6, 6.07) is 6.87. The van der Waals surface area contributed by atoms with Crippen molar-refractivity contribution in [3.05, 3.63) is 35.4 Å². The van der Waals surface area contributed by atoms with Gasteiger partial charge in [0.2, 0.25) is 0 Å². The Hall–Kier alpha value is -1.88. The van der Waals surface area contributed by atoms with Gasteiger partial charge in [0, 0.05) is 12.1 Å². The molecule has 0 spiro atoms. The summed E-state index contributed by atoms with van der Waals surface area (Å²) in [6.07, 6.45) is 2.29. The van der Waals surface area contributed by atoms with Crippen molar-refractivity contribution >= 4 is 11.9 Å². The minimum absolute atomic E-state index is 0.0745. The molecule has 0 saturated carbocycles. The van der Waals surface area contributed by atoms with E-state index in [1.165, 1.54) is 0 Å². The lowest BCUT2D eigenvalue weighted by molar-refractivity contribution is -0.146. The van der Waals surface area contributed by atoms with Gasteiger partial charge in [0.1, 0.15) is 0 Å². The van der Waals surface area contributed by atoms with Crippen molar-refractivity contribution in [2.75, 3.05) is 0 Å². The van der Waals surface area contributed by atoms with Crippen LogP contribution in [0.25, 0.3) is 0 Å². The van der Waals surface area contributed by atoms with Crippen molar-refractivity contribution in [1.82, 2.24) is 4.90 Å². The Morgan fingerprint density at radius 2 is 1.78 bits per heavy atom. The third-order valence-corrected chi connectivity index (χ3v) is 4.45. The second kappa shape index (κ2) is 7.59. The SMILES string of the molecule is C[C@@H]1CCC[C@@H](C)N1C(=O)[C@@H](C)OC(=O)c1ccc(CO)cc1. The molecule has 1 N–H and O–H groups in total. The van der Waals surface area contributed by atoms with Gasteiger partial charge in [0.25, 0.3) is 5.91 Å². The second-order valence-corrected chi connectivity index (χ2v) is 6.28. The van der Waals surface area contributed by atoms with Crippen molar-refractivity contribution in [2.24, 2.45) is 0 Å². The summed E-state index contributed by atoms with van der Waals surface area (Å²) in [5, 5.41) is 9.01. The average molecular weight is 319 g/mol. The highest BCUT2D eigenvalue weighted by Crippen LogP contribution is 2.24. The summed E-state index contributed by atoms with van der Waals surface area (Å²) < 4.78 is 5.33. The Balaban J connectivity index is 2.00. The average Bonchev–Trinajstić information content (AvgIpc) is 2.54. The molecular weight excluding hydrogens is 294 g/mol. The van der Waals surface area contributed by atoms with E-state index >= 15 is 0 Å². The zero-order valence-corrected chi connectivity index (χ0v) is 14.0. The normalized spacial score (nSPS) is 22.5. The van der Waals surface area contributed by atoms with E-state index in [-0.39, 0.29) is 24.6 Å². The number of likely N-dealkylation sites (tertiary alicyclic amines) is 1. The predicted molar refractivity (Wildman–Crippen MR) is 86.9 cm³/mol. The van der Waals surface area contributed by atoms with Crippen LogP contribution in [0.5, 0.6) is 0 Å². The second-order valence-electron chi connectivity index (χ2n) is 6.28. The number of aliphatic hydroxyl groups excluding tert-OH is 1. The predicted octanol–water partition coefficient (Wildman–Crippen LogP) is 2.51. The number of rotatable bonds is 4. The van der Waals surface area contributed by atoms with Crippen molar-refractivity contribution in [2.45, 2.75) is 64.8 Å². The maximum atomic E-state index is 12.6. The van der Waals surface area contributed by atoms with E-state index in [1.54, 1.807) is 31.2 Å². The highest BCUT2D eigenvalue weighted by molar-refractivity contribution is 5.92. The number of ether oxygens (including phenoxy) is 1. The largest absolute Gasteiger partial charge is 0.449 e. The van der Waals surface area contributed by atoms with Crippen LogP contribution >= 0.6 is 0 Å². The minimum atomic E-state index is -0.803. The number of hydrogen-bond donors (Lipinski definition) is 1. The molecule has 0 bridgehead atoms. The van der Waals surface area contributed by atoms with Crippen LogP contribution in [0.15, 0.2) is 24.3 Å². The Kier molecular flexibility index (Phi) is 5.77. The van der Waals surface area contributed by atoms with Crippen LogP contribution in [-0.4, -0.2) is 40.1 Å². The zero-order valence-electron chi connectivity index (χ0n) is 14.0. The molecule has 126 valence electrons. The fourth-order valence-electron chi connectivity index (χ4n) is 3.09. The number of piperidine rings is 1. The molecule has 1 aliphatic heterocycles. The fraction of sp³-hybridized carbons (Fsp3) is 0.556. The first-order chi connectivity index (χ1) is 10.9. The summed E-state index contributed by atoms with van der Waals surface area (Å²) in [7, 11) is 0. The molecule has 1 saturated heterocycles. The maximum absolute atomic E-state index is 12.6. The quantitative estimate of drug-likeness (QED) is 0.866. The molecule has 0 aromatic heterocycles. The molecule has 2 rings (SSSR count). The van der Waals surface area contributed by atoms with Crippen LogP contribution in [0.4, 0.5) is 0 Å². The third-order valence-electron chi connectivity index (χ3n) is 4.45. The van der Waals surface area contributed by atoms with Crippen LogP contribution in [-0.2, 0) is 16.1 Å². The Bertz CT molecular complexity index is 545. The summed E-state index contributed by atoms with van der Waals surface area (Å²) in [4.78, 5) is 26.6. The van der Waals surface area contributed by atoms with Crippen molar-refractivity contribution in [1.29, 1.82) is 0 Å². The van der Waals surface area contributed by atoms with Gasteiger partial charge in [-0.3, -0.25) is 4.79 Å². The molecule has 1 fully saturated rings. The fourth-order valence-corrected chi connectivity index (χ4v) is 3.09. The topological polar surface area (TPSA) is 66.8 Å². The Morgan fingerprint density at radius 3 is 2.30 bits per heavy atom. The Morgan fingerprint density at radius 1 is 1.22 bits per heavy atom. The van der Waals surface area contributed by atoms with Crippen LogP contribution in [0.1, 0.15) is 56.0 Å². The molecule has 1 heterocycles. The number of hydrogen-bond acceptors (Lipinski definition) is 4. The summed E-state index contributed by atoms with van der Waals surface area (Å²) >= 11 is 0. The monoisotopic (exact) mass is 319 g/mol. The standard InChI is InChI=1S/C18H25NO4/c1-12-5-4-6-13(2)19(12)17(21)14(3)23-18(22)16-9-7-15(11-20)8-10-16/h7-10,12-14,20H,4-6,11H2,1-3H3/t12-,13-,14-/m1/s1. The number of benzene rings is 1. The van der Waals surface area contributed by atoms with Gasteiger partial charge < -0.3 is 14.7 Å². The van der Waals surface area contributed by atoms with Gasteiger partial charge in [-0.05, 0) is 57.7 Å². The first-order valence-electron chi connectivity index (χ1n) is 8.17. The molecule has 1 aromatic rings. The molecule has 23 heavy (non-hydrogen) atoms. The molecule has 0 radical (unpaired) electrons. The van der Waals surface area contributed by atoms with Crippen LogP contribution < -0.4 is 0 Å². The molecule has 5 nitrogen and oxygen atoms in total. The van der Waals surface area contributed by atoms with Crippen molar-refractivity contribution in [3.8, 4) is 0 Å². The maximum Gasteiger partial charge on any atom is 0.338 e. The van der Waals surface area contributed by atoms with E-state index < -0.39 is 12.1 Å². The van der Waals surface area contributed by atoms with Crippen LogP contribution in [0, 0.1) is 0 Å². The van der Waals surface area contributed by atoms with E-state index in [4.69, 9.17) is 9.84 Å². The first-order valence-corrected chi connectivity index (χ1v) is 8.17. The summed E-state index contributed by atoms with van der Waals surface area (Å²) in [6.45, 7) is 5.62. The summed E-state index contributed by atoms with van der Waals surface area (Å²) in [5.41, 5.74) is 1.10. The molecule has 0 unspecified atom stereocenters. The van der Waals surface area contributed by atoms with Gasteiger partial charge in [-0.15, -0.1) is 0 Å². The summed E-state index contributed by atoms with van der Waals surface area (Å²) in [5.74, 6) is -0.655. The number of amides is 1. The molecule has 1 aliphatic rings. The first kappa shape index (κ1) is 17.5. The molecular formula is C18H25NO4. The van der Waals surface area contributed by atoms with Crippen molar-refractivity contribution < 1.29 is 19.4 Å². The lowest BCUT2D eigenvalue weighted by Crippen LogP contribution is -2.51. The third kappa shape index (κ3) is 4.10. The number of aliphatic hydroxyl groups is 1. The molecule has 0 aliphatic carbocycles. The van der Waals surface area contributed by atoms with E-state index in [2.05, 4.69) is 0 Å². The van der Waals surface area contributed by atoms with E-state index in [9.17, 15) is 9.59 Å². The van der Waals surface area contributed by atoms with Gasteiger partial charge in [-0.25, -0.2) is 4.79 Å². The lowest BCUT2D eigenvalue weighted by Gasteiger charge is -2.40. The van der Waals surface area contributed by atoms with Gasteiger partial charge in [-0.1, -0.05) is 12.1 Å². The van der Waals surface area contributed by atoms with Gasteiger partial charge in [-0.2, -0.15) is 0 Å². The minimum Gasteiger partial charge on any atom is -0.449 e. The molecule has 5 heteroatoms. The van der Waals surface area contributed by atoms with Gasteiger partial charge in [0.15, 0.2) is 6.10 Å². The van der Waals surface area contributed by atoms with Crippen LogP contribution in [0.3, 0.4) is 0 Å². The number of nitrogens with zero attached hydrogens (tertiary/aromatic N) is 1. The van der Waals surface area contributed by atoms with E-state index in [0.717, 1.165) is 24.8 Å². The molecule has 3 atom stereocenters.